The standard InChI is InChI=1S/C19H15BrFNO2S/c20-14-8-9-16(15(21)11-14)24-12-18(23)22-19(17-7-4-10-25-17)13-5-2-1-3-6-13/h1-11,19H,12H2,(H,22,23)/t19-/m0/s1. The van der Waals surface area contributed by atoms with Crippen LogP contribution in [-0.2, 0) is 4.79 Å². The Bertz CT molecular complexity index is 840. The summed E-state index contributed by atoms with van der Waals surface area (Å²) in [6, 6.07) is 17.8. The van der Waals surface area contributed by atoms with Crippen LogP contribution in [0.15, 0.2) is 70.5 Å². The van der Waals surface area contributed by atoms with Gasteiger partial charge in [0.15, 0.2) is 18.2 Å². The van der Waals surface area contributed by atoms with Gasteiger partial charge in [-0.05, 0) is 35.2 Å². The van der Waals surface area contributed by atoms with Crippen LogP contribution in [-0.4, -0.2) is 12.5 Å². The van der Waals surface area contributed by atoms with Gasteiger partial charge in [-0.15, -0.1) is 11.3 Å². The van der Waals surface area contributed by atoms with Gasteiger partial charge in [0, 0.05) is 9.35 Å². The zero-order chi connectivity index (χ0) is 17.6. The van der Waals surface area contributed by atoms with E-state index >= 15 is 0 Å². The van der Waals surface area contributed by atoms with Gasteiger partial charge < -0.3 is 10.1 Å². The Morgan fingerprint density at radius 2 is 1.96 bits per heavy atom. The molecule has 0 aliphatic rings. The summed E-state index contributed by atoms with van der Waals surface area (Å²) in [5.74, 6) is -0.782. The summed E-state index contributed by atoms with van der Waals surface area (Å²) in [4.78, 5) is 13.3. The van der Waals surface area contributed by atoms with E-state index in [-0.39, 0.29) is 24.3 Å². The molecule has 25 heavy (non-hydrogen) atoms. The highest BCUT2D eigenvalue weighted by atomic mass is 79.9. The smallest absolute Gasteiger partial charge is 0.258 e. The monoisotopic (exact) mass is 419 g/mol. The van der Waals surface area contributed by atoms with E-state index in [1.165, 1.54) is 12.1 Å². The van der Waals surface area contributed by atoms with Gasteiger partial charge in [0.1, 0.15) is 0 Å². The van der Waals surface area contributed by atoms with Crippen molar-refractivity contribution in [2.24, 2.45) is 0 Å². The molecule has 0 saturated heterocycles. The minimum atomic E-state index is -0.514. The van der Waals surface area contributed by atoms with E-state index in [0.29, 0.717) is 4.47 Å². The van der Waals surface area contributed by atoms with Crippen molar-refractivity contribution in [3.8, 4) is 5.75 Å². The minimum Gasteiger partial charge on any atom is -0.481 e. The molecule has 1 heterocycles. The number of benzene rings is 2. The first-order valence-electron chi connectivity index (χ1n) is 7.59. The lowest BCUT2D eigenvalue weighted by Crippen LogP contribution is -2.33. The van der Waals surface area contributed by atoms with Crippen molar-refractivity contribution in [1.82, 2.24) is 5.32 Å². The Balaban J connectivity index is 1.68. The Labute approximate surface area is 157 Å². The van der Waals surface area contributed by atoms with Crippen molar-refractivity contribution < 1.29 is 13.9 Å². The molecule has 128 valence electrons. The number of hydrogen-bond donors (Lipinski definition) is 1. The van der Waals surface area contributed by atoms with E-state index in [1.807, 2.05) is 47.8 Å². The minimum absolute atomic E-state index is 0.0470. The van der Waals surface area contributed by atoms with E-state index in [2.05, 4.69) is 21.2 Å². The molecule has 0 bridgehead atoms. The predicted octanol–water partition coefficient (Wildman–Crippen LogP) is 4.93. The van der Waals surface area contributed by atoms with Gasteiger partial charge in [-0.25, -0.2) is 4.39 Å². The summed E-state index contributed by atoms with van der Waals surface area (Å²) in [6.45, 7) is -0.257. The molecule has 0 aliphatic heterocycles. The molecule has 3 nitrogen and oxygen atoms in total. The first-order valence-corrected chi connectivity index (χ1v) is 9.26. The largest absolute Gasteiger partial charge is 0.481 e. The summed E-state index contributed by atoms with van der Waals surface area (Å²) in [5, 5.41) is 4.91. The Hall–Kier alpha value is -2.18. The first kappa shape index (κ1) is 17.6. The number of rotatable bonds is 6. The molecule has 0 unspecified atom stereocenters. The summed E-state index contributed by atoms with van der Waals surface area (Å²) in [5.41, 5.74) is 0.980. The maximum Gasteiger partial charge on any atom is 0.258 e. The number of carbonyl (C=O) groups is 1. The lowest BCUT2D eigenvalue weighted by molar-refractivity contribution is -0.123. The molecule has 1 amide bonds. The predicted molar refractivity (Wildman–Crippen MR) is 100 cm³/mol. The number of halogens is 2. The van der Waals surface area contributed by atoms with Gasteiger partial charge >= 0.3 is 0 Å². The Kier molecular flexibility index (Phi) is 5.83. The summed E-state index contributed by atoms with van der Waals surface area (Å²) < 4.78 is 19.7. The zero-order valence-electron chi connectivity index (χ0n) is 13.1. The zero-order valence-corrected chi connectivity index (χ0v) is 15.5. The van der Waals surface area contributed by atoms with Crippen LogP contribution >= 0.6 is 27.3 Å². The average Bonchev–Trinajstić information content (AvgIpc) is 3.14. The van der Waals surface area contributed by atoms with Crippen LogP contribution < -0.4 is 10.1 Å². The third kappa shape index (κ3) is 4.67. The topological polar surface area (TPSA) is 38.3 Å². The van der Waals surface area contributed by atoms with Crippen LogP contribution in [0.4, 0.5) is 4.39 Å². The molecular weight excluding hydrogens is 405 g/mol. The molecule has 3 aromatic rings. The third-order valence-electron chi connectivity index (χ3n) is 3.52. The van der Waals surface area contributed by atoms with E-state index in [0.717, 1.165) is 10.4 Å². The van der Waals surface area contributed by atoms with Crippen LogP contribution in [0.1, 0.15) is 16.5 Å². The molecule has 1 N–H and O–H groups in total. The fourth-order valence-corrected chi connectivity index (χ4v) is 3.49. The van der Waals surface area contributed by atoms with Crippen molar-refractivity contribution in [2.75, 3.05) is 6.61 Å². The van der Waals surface area contributed by atoms with Crippen LogP contribution in [0, 0.1) is 5.82 Å². The normalized spacial score (nSPS) is 11.8. The second-order valence-corrected chi connectivity index (χ2v) is 7.18. The molecular formula is C19H15BrFNO2S. The van der Waals surface area contributed by atoms with E-state index in [1.54, 1.807) is 17.4 Å². The molecule has 6 heteroatoms. The van der Waals surface area contributed by atoms with Crippen molar-refractivity contribution >= 4 is 33.2 Å². The van der Waals surface area contributed by atoms with Crippen molar-refractivity contribution in [3.63, 3.8) is 0 Å². The number of carbonyl (C=O) groups excluding carboxylic acids is 1. The second kappa shape index (κ2) is 8.27. The van der Waals surface area contributed by atoms with Crippen molar-refractivity contribution in [2.45, 2.75) is 6.04 Å². The highest BCUT2D eigenvalue weighted by Gasteiger charge is 2.18. The van der Waals surface area contributed by atoms with Gasteiger partial charge in [-0.3, -0.25) is 4.79 Å². The molecule has 1 atom stereocenters. The van der Waals surface area contributed by atoms with E-state index in [4.69, 9.17) is 4.74 Å². The number of nitrogens with one attached hydrogen (secondary N) is 1. The van der Waals surface area contributed by atoms with Gasteiger partial charge in [0.2, 0.25) is 0 Å². The average molecular weight is 420 g/mol. The maximum absolute atomic E-state index is 13.8. The Morgan fingerprint density at radius 3 is 2.64 bits per heavy atom. The quantitative estimate of drug-likeness (QED) is 0.614. The number of hydrogen-bond acceptors (Lipinski definition) is 3. The molecule has 0 radical (unpaired) electrons. The molecule has 1 aromatic heterocycles. The first-order chi connectivity index (χ1) is 12.1. The summed E-state index contributed by atoms with van der Waals surface area (Å²) >= 11 is 4.75. The molecule has 2 aromatic carbocycles. The Morgan fingerprint density at radius 1 is 1.16 bits per heavy atom. The molecule has 3 rings (SSSR count). The van der Waals surface area contributed by atoms with Crippen LogP contribution in [0.5, 0.6) is 5.75 Å². The number of amides is 1. The van der Waals surface area contributed by atoms with Gasteiger partial charge in [0.05, 0.1) is 6.04 Å². The van der Waals surface area contributed by atoms with Crippen LogP contribution in [0.25, 0.3) is 0 Å². The van der Waals surface area contributed by atoms with Crippen LogP contribution in [0.2, 0.25) is 0 Å². The van der Waals surface area contributed by atoms with Crippen molar-refractivity contribution in [3.05, 3.63) is 86.8 Å². The molecule has 0 fully saturated rings. The summed E-state index contributed by atoms with van der Waals surface area (Å²) in [6.07, 6.45) is 0. The lowest BCUT2D eigenvalue weighted by atomic mass is 10.1. The van der Waals surface area contributed by atoms with Gasteiger partial charge in [0.25, 0.3) is 5.91 Å². The van der Waals surface area contributed by atoms with Gasteiger partial charge in [-0.2, -0.15) is 0 Å². The van der Waals surface area contributed by atoms with Crippen LogP contribution in [0.3, 0.4) is 0 Å². The second-order valence-electron chi connectivity index (χ2n) is 5.29. The SMILES string of the molecule is O=C(COc1ccc(Br)cc1F)N[C@@H](c1ccccc1)c1cccs1. The third-order valence-corrected chi connectivity index (χ3v) is 4.95. The van der Waals surface area contributed by atoms with Crippen molar-refractivity contribution in [1.29, 1.82) is 0 Å². The summed E-state index contributed by atoms with van der Waals surface area (Å²) in [7, 11) is 0. The van der Waals surface area contributed by atoms with E-state index in [9.17, 15) is 9.18 Å². The fraction of sp³-hybridized carbons (Fsp3) is 0.105. The molecule has 0 spiro atoms. The maximum atomic E-state index is 13.8. The number of thiophene rings is 1. The highest BCUT2D eigenvalue weighted by molar-refractivity contribution is 9.10. The van der Waals surface area contributed by atoms with E-state index < -0.39 is 5.82 Å². The number of ether oxygens (including phenoxy) is 1. The highest BCUT2D eigenvalue weighted by Crippen LogP contribution is 2.26. The lowest BCUT2D eigenvalue weighted by Gasteiger charge is -2.18. The van der Waals surface area contributed by atoms with Gasteiger partial charge in [-0.1, -0.05) is 52.3 Å². The fourth-order valence-electron chi connectivity index (χ4n) is 2.36. The molecule has 0 saturated carbocycles. The molecule has 0 aliphatic carbocycles.